The van der Waals surface area contributed by atoms with Crippen LogP contribution in [0.4, 0.5) is 4.79 Å². The Kier molecular flexibility index (Phi) is 11.2. The second-order valence-corrected chi connectivity index (χ2v) is 13.4. The molecule has 0 spiro atoms. The number of benzene rings is 2. The number of carbonyl (C=O) groups is 6. The maximum absolute atomic E-state index is 14.0. The maximum Gasteiger partial charge on any atom is 0.408 e. The van der Waals surface area contributed by atoms with Crippen molar-refractivity contribution < 1.29 is 62.3 Å². The molecule has 3 aliphatic rings. The summed E-state index contributed by atoms with van der Waals surface area (Å²) in [5, 5.41) is 19.5. The molecular weight excluding hydrogens is 682 g/mol. The van der Waals surface area contributed by atoms with Crippen LogP contribution in [0.25, 0.3) is 0 Å². The highest BCUT2D eigenvalue weighted by atomic mass is 16.8. The summed E-state index contributed by atoms with van der Waals surface area (Å²) in [6.07, 6.45) is -3.16. The Hall–Kier alpha value is -5.06. The lowest BCUT2D eigenvalue weighted by Crippen LogP contribution is -2.58. The molecule has 0 aromatic heterocycles. The number of rotatable bonds is 13. The summed E-state index contributed by atoms with van der Waals surface area (Å²) in [5.41, 5.74) is -3.27. The Morgan fingerprint density at radius 1 is 0.904 bits per heavy atom. The van der Waals surface area contributed by atoms with E-state index in [4.69, 9.17) is 28.4 Å². The van der Waals surface area contributed by atoms with Crippen LogP contribution in [0.5, 0.6) is 0 Å². The van der Waals surface area contributed by atoms with Crippen LogP contribution >= 0.6 is 0 Å². The highest BCUT2D eigenvalue weighted by Crippen LogP contribution is 2.49. The fourth-order valence-corrected chi connectivity index (χ4v) is 6.97. The van der Waals surface area contributed by atoms with E-state index in [1.807, 2.05) is 0 Å². The van der Waals surface area contributed by atoms with Gasteiger partial charge in [-0.3, -0.25) is 14.4 Å². The van der Waals surface area contributed by atoms with Gasteiger partial charge in [0.25, 0.3) is 0 Å². The van der Waals surface area contributed by atoms with Gasteiger partial charge < -0.3 is 49.5 Å². The van der Waals surface area contributed by atoms with Crippen molar-refractivity contribution in [2.75, 3.05) is 27.9 Å². The van der Waals surface area contributed by atoms with Gasteiger partial charge in [0.05, 0.1) is 45.8 Å². The monoisotopic (exact) mass is 725 g/mol. The van der Waals surface area contributed by atoms with Gasteiger partial charge >= 0.3 is 24.0 Å². The molecule has 1 saturated heterocycles. The van der Waals surface area contributed by atoms with Crippen molar-refractivity contribution >= 4 is 35.8 Å². The van der Waals surface area contributed by atoms with Crippen LogP contribution in [-0.4, -0.2) is 97.9 Å². The Balaban J connectivity index is 1.37. The maximum atomic E-state index is 14.0. The first-order chi connectivity index (χ1) is 24.7. The number of esters is 3. The van der Waals surface area contributed by atoms with Gasteiger partial charge in [0.2, 0.25) is 11.8 Å². The molecule has 2 aromatic rings. The molecule has 5 rings (SSSR count). The molecule has 16 heteroatoms. The number of ether oxygens (including phenoxy) is 6. The zero-order valence-corrected chi connectivity index (χ0v) is 29.4. The molecule has 1 aliphatic heterocycles. The zero-order chi connectivity index (χ0) is 37.8. The van der Waals surface area contributed by atoms with E-state index in [2.05, 4.69) is 16.0 Å². The van der Waals surface area contributed by atoms with Crippen molar-refractivity contribution in [2.24, 2.45) is 17.8 Å². The molecule has 3 amide bonds. The second-order valence-electron chi connectivity index (χ2n) is 13.4. The topological polar surface area (TPSA) is 214 Å². The van der Waals surface area contributed by atoms with Crippen LogP contribution in [0.3, 0.4) is 0 Å². The standard InChI is InChI=1S/C36H43N3O13/c1-34(2)51-26-22(29(41)47-3)16-23(27(26)52-34)36(46,32(44)49-5)19-37-28(40)24-17-35(24,39-33(45)50-18-20-12-8-6-9-13-20)31(43)38-25(30(42)48-4)21-14-10-7-11-15-21/h6-15,22-27,46H,16-19H2,1-5H3,(H,37,40)(H,38,43)(H,39,45)/t22-,23-,24+,25-,26+,27-,35+,36-/m1/s1. The fourth-order valence-electron chi connectivity index (χ4n) is 6.97. The summed E-state index contributed by atoms with van der Waals surface area (Å²) in [5.74, 6) is -8.64. The predicted octanol–water partition coefficient (Wildman–Crippen LogP) is 1.05. The molecule has 0 bridgehead atoms. The van der Waals surface area contributed by atoms with E-state index in [9.17, 15) is 33.9 Å². The van der Waals surface area contributed by atoms with E-state index < -0.39 is 95.3 Å². The third kappa shape index (κ3) is 7.73. The van der Waals surface area contributed by atoms with Crippen LogP contribution in [0.1, 0.15) is 43.9 Å². The first-order valence-electron chi connectivity index (χ1n) is 16.6. The number of hydrogen-bond acceptors (Lipinski definition) is 13. The number of carbonyl (C=O) groups excluding carboxylic acids is 6. The number of alkyl carbamates (subject to hydrolysis) is 1. The van der Waals surface area contributed by atoms with Gasteiger partial charge in [0.1, 0.15) is 18.2 Å². The Morgan fingerprint density at radius 2 is 1.54 bits per heavy atom. The van der Waals surface area contributed by atoms with Crippen LogP contribution in [0.2, 0.25) is 0 Å². The Morgan fingerprint density at radius 3 is 2.15 bits per heavy atom. The summed E-state index contributed by atoms with van der Waals surface area (Å²) in [6.45, 7) is 2.38. The largest absolute Gasteiger partial charge is 0.469 e. The number of methoxy groups -OCH3 is 3. The number of aliphatic hydroxyl groups is 1. The lowest BCUT2D eigenvalue weighted by Gasteiger charge is -2.34. The molecule has 2 saturated carbocycles. The van der Waals surface area contributed by atoms with Crippen LogP contribution in [0, 0.1) is 17.8 Å². The van der Waals surface area contributed by atoms with Gasteiger partial charge in [-0.1, -0.05) is 60.7 Å². The lowest BCUT2D eigenvalue weighted by molar-refractivity contribution is -0.190. The van der Waals surface area contributed by atoms with Gasteiger partial charge in [0, 0.05) is 5.92 Å². The van der Waals surface area contributed by atoms with Crippen LogP contribution in [-0.2, 0) is 59.0 Å². The smallest absolute Gasteiger partial charge is 0.408 e. The van der Waals surface area contributed by atoms with Gasteiger partial charge in [-0.2, -0.15) is 0 Å². The summed E-state index contributed by atoms with van der Waals surface area (Å²) in [6, 6.07) is 15.7. The van der Waals surface area contributed by atoms with Crippen molar-refractivity contribution in [3.05, 3.63) is 71.8 Å². The Bertz CT molecular complexity index is 1670. The van der Waals surface area contributed by atoms with E-state index in [0.717, 1.165) is 14.2 Å². The minimum absolute atomic E-state index is 0.0987. The van der Waals surface area contributed by atoms with Crippen molar-refractivity contribution in [1.82, 2.24) is 16.0 Å². The molecule has 3 fully saturated rings. The highest BCUT2D eigenvalue weighted by Gasteiger charge is 2.67. The Labute approximate surface area is 299 Å². The third-order valence-corrected chi connectivity index (χ3v) is 9.72. The first-order valence-corrected chi connectivity index (χ1v) is 16.6. The quantitative estimate of drug-likeness (QED) is 0.168. The van der Waals surface area contributed by atoms with Gasteiger partial charge in [-0.05, 0) is 37.8 Å². The van der Waals surface area contributed by atoms with E-state index in [1.54, 1.807) is 74.5 Å². The molecule has 1 heterocycles. The average molecular weight is 726 g/mol. The molecule has 2 aromatic carbocycles. The van der Waals surface area contributed by atoms with E-state index >= 15 is 0 Å². The molecule has 280 valence electrons. The van der Waals surface area contributed by atoms with Crippen LogP contribution < -0.4 is 16.0 Å². The van der Waals surface area contributed by atoms with Crippen molar-refractivity contribution in [2.45, 2.75) is 68.5 Å². The number of hydrogen-bond donors (Lipinski definition) is 4. The fraction of sp³-hybridized carbons (Fsp3) is 0.500. The van der Waals surface area contributed by atoms with Crippen molar-refractivity contribution in [3.8, 4) is 0 Å². The average Bonchev–Trinajstić information content (AvgIpc) is 3.65. The normalized spacial score (nSPS) is 27.1. The van der Waals surface area contributed by atoms with Gasteiger partial charge in [0.15, 0.2) is 17.4 Å². The van der Waals surface area contributed by atoms with Gasteiger partial charge in [-0.15, -0.1) is 0 Å². The predicted molar refractivity (Wildman–Crippen MR) is 177 cm³/mol. The van der Waals surface area contributed by atoms with E-state index in [1.165, 1.54) is 7.11 Å². The molecule has 16 nitrogen and oxygen atoms in total. The molecule has 0 radical (unpaired) electrons. The summed E-state index contributed by atoms with van der Waals surface area (Å²) >= 11 is 0. The van der Waals surface area contributed by atoms with Crippen LogP contribution in [0.15, 0.2) is 60.7 Å². The number of nitrogens with one attached hydrogen (secondary N) is 3. The summed E-state index contributed by atoms with van der Waals surface area (Å²) in [4.78, 5) is 79.5. The minimum Gasteiger partial charge on any atom is -0.469 e. The zero-order valence-electron chi connectivity index (χ0n) is 29.4. The molecule has 4 N–H and O–H groups in total. The van der Waals surface area contributed by atoms with E-state index in [0.29, 0.717) is 11.1 Å². The molecule has 52 heavy (non-hydrogen) atoms. The first kappa shape index (κ1) is 38.2. The SMILES string of the molecule is COC(=O)[C@H](NC(=O)[C@]1(NC(=O)OCc2ccccc2)C[C@H]1C(=O)NC[C@](O)(C(=O)OC)[C@@H]1C[C@@H](C(=O)OC)[C@@H]2OC(C)(C)O[C@@H]21)c1ccccc1. The summed E-state index contributed by atoms with van der Waals surface area (Å²) in [7, 11) is 3.41. The van der Waals surface area contributed by atoms with Crippen molar-refractivity contribution in [3.63, 3.8) is 0 Å². The van der Waals surface area contributed by atoms with Crippen molar-refractivity contribution in [1.29, 1.82) is 0 Å². The molecule has 8 atom stereocenters. The third-order valence-electron chi connectivity index (χ3n) is 9.72. The minimum atomic E-state index is -2.43. The van der Waals surface area contributed by atoms with Gasteiger partial charge in [-0.25, -0.2) is 14.4 Å². The number of fused-ring (bicyclic) bond motifs is 1. The molecule has 2 aliphatic carbocycles. The highest BCUT2D eigenvalue weighted by molar-refractivity contribution is 6.03. The molecular formula is C36H43N3O13. The number of amides is 3. The second kappa shape index (κ2) is 15.3. The van der Waals surface area contributed by atoms with E-state index in [-0.39, 0.29) is 19.4 Å². The summed E-state index contributed by atoms with van der Waals surface area (Å²) < 4.78 is 32.1. The lowest BCUT2D eigenvalue weighted by atomic mass is 9.83. The molecule has 0 unspecified atom stereocenters.